The summed E-state index contributed by atoms with van der Waals surface area (Å²) in [5.74, 6) is -0.0781. The van der Waals surface area contributed by atoms with Gasteiger partial charge in [-0.2, -0.15) is 5.10 Å². The van der Waals surface area contributed by atoms with Gasteiger partial charge in [-0.05, 0) is 61.4 Å². The monoisotopic (exact) mass is 547 g/mol. The highest BCUT2D eigenvalue weighted by Crippen LogP contribution is 2.37. The number of nitrogens with one attached hydrogen (secondary N) is 2. The zero-order chi connectivity index (χ0) is 24.8. The molecule has 5 aromatic rings. The molecular formula is C26H22BrN5O4. The molecule has 6 rings (SSSR count). The van der Waals surface area contributed by atoms with Gasteiger partial charge in [0.1, 0.15) is 11.8 Å². The first-order valence-electron chi connectivity index (χ1n) is 11.5. The largest absolute Gasteiger partial charge is 0.472 e. The van der Waals surface area contributed by atoms with Gasteiger partial charge in [0.05, 0.1) is 29.2 Å². The van der Waals surface area contributed by atoms with Crippen molar-refractivity contribution in [2.24, 2.45) is 0 Å². The molecule has 1 amide bonds. The van der Waals surface area contributed by atoms with Crippen molar-refractivity contribution < 1.29 is 13.9 Å². The van der Waals surface area contributed by atoms with Gasteiger partial charge in [-0.1, -0.05) is 22.0 Å². The number of nitrogens with zero attached hydrogens (tertiary/aromatic N) is 3. The van der Waals surface area contributed by atoms with E-state index < -0.39 is 12.3 Å². The summed E-state index contributed by atoms with van der Waals surface area (Å²) in [7, 11) is 0. The molecule has 1 saturated heterocycles. The summed E-state index contributed by atoms with van der Waals surface area (Å²) in [6.45, 7) is 2.21. The van der Waals surface area contributed by atoms with E-state index in [0.717, 1.165) is 37.9 Å². The predicted octanol–water partition coefficient (Wildman–Crippen LogP) is 4.55. The maximum absolute atomic E-state index is 13.1. The lowest BCUT2D eigenvalue weighted by atomic mass is 10.1. The van der Waals surface area contributed by atoms with E-state index in [1.807, 2.05) is 54.7 Å². The predicted molar refractivity (Wildman–Crippen MR) is 137 cm³/mol. The number of hydrogen-bond donors (Lipinski definition) is 2. The Kier molecular flexibility index (Phi) is 5.62. The number of imidazole rings is 1. The highest BCUT2D eigenvalue weighted by Gasteiger charge is 2.40. The lowest BCUT2D eigenvalue weighted by molar-refractivity contribution is -0.130. The van der Waals surface area contributed by atoms with Crippen LogP contribution in [0.2, 0.25) is 0 Å². The molecule has 0 radical (unpaired) electrons. The number of aromatic amines is 2. The van der Waals surface area contributed by atoms with Gasteiger partial charge in [0.15, 0.2) is 6.23 Å². The molecule has 182 valence electrons. The molecule has 0 spiro atoms. The van der Waals surface area contributed by atoms with Crippen molar-refractivity contribution in [2.75, 3.05) is 6.54 Å². The summed E-state index contributed by atoms with van der Waals surface area (Å²) in [6.07, 6.45) is 4.56. The number of fused-ring (bicyclic) bond motifs is 1. The van der Waals surface area contributed by atoms with Gasteiger partial charge >= 0.3 is 5.69 Å². The van der Waals surface area contributed by atoms with Crippen molar-refractivity contribution in [3.8, 4) is 16.9 Å². The van der Waals surface area contributed by atoms with Crippen LogP contribution in [0.1, 0.15) is 24.3 Å². The number of amides is 1. The number of benzene rings is 2. The number of hydrogen-bond acceptors (Lipinski definition) is 5. The first kappa shape index (κ1) is 22.6. The van der Waals surface area contributed by atoms with Crippen molar-refractivity contribution in [3.63, 3.8) is 0 Å². The first-order chi connectivity index (χ1) is 17.5. The minimum absolute atomic E-state index is 0.0781. The highest BCUT2D eigenvalue weighted by atomic mass is 79.9. The summed E-state index contributed by atoms with van der Waals surface area (Å²) in [5, 5.41) is 4.82. The van der Waals surface area contributed by atoms with Crippen LogP contribution in [-0.4, -0.2) is 43.2 Å². The van der Waals surface area contributed by atoms with Crippen molar-refractivity contribution in [3.05, 3.63) is 93.3 Å². The summed E-state index contributed by atoms with van der Waals surface area (Å²) in [6, 6.07) is 15.4. The zero-order valence-electron chi connectivity index (χ0n) is 19.3. The van der Waals surface area contributed by atoms with Crippen molar-refractivity contribution >= 4 is 32.9 Å². The topological polar surface area (TPSA) is 109 Å². The third-order valence-corrected chi connectivity index (χ3v) is 6.89. The van der Waals surface area contributed by atoms with E-state index in [1.165, 1.54) is 0 Å². The van der Waals surface area contributed by atoms with E-state index in [-0.39, 0.29) is 11.6 Å². The number of carbonyl (C=O) groups excluding carboxylic acids is 1. The average molecular weight is 548 g/mol. The molecule has 1 fully saturated rings. The molecule has 1 aliphatic heterocycles. The summed E-state index contributed by atoms with van der Waals surface area (Å²) in [4.78, 5) is 32.0. The van der Waals surface area contributed by atoms with Crippen LogP contribution in [0.5, 0.6) is 0 Å². The van der Waals surface area contributed by atoms with Crippen molar-refractivity contribution in [2.45, 2.75) is 25.7 Å². The van der Waals surface area contributed by atoms with Crippen LogP contribution in [0, 0.1) is 0 Å². The molecule has 0 saturated carbocycles. The van der Waals surface area contributed by atoms with Crippen LogP contribution >= 0.6 is 15.9 Å². The average Bonchev–Trinajstić information content (AvgIpc) is 3.65. The molecule has 9 nitrogen and oxygen atoms in total. The number of furan rings is 1. The molecule has 2 N–H and O–H groups in total. The van der Waals surface area contributed by atoms with Crippen molar-refractivity contribution in [1.82, 2.24) is 24.6 Å². The Bertz CT molecular complexity index is 1600. The van der Waals surface area contributed by atoms with Gasteiger partial charge in [0.2, 0.25) is 0 Å². The molecule has 0 unspecified atom stereocenters. The quantitative estimate of drug-likeness (QED) is 0.324. The molecule has 2 aromatic carbocycles. The van der Waals surface area contributed by atoms with E-state index in [9.17, 15) is 9.59 Å². The Balaban J connectivity index is 1.34. The van der Waals surface area contributed by atoms with E-state index in [2.05, 4.69) is 25.9 Å². The Hall–Kier alpha value is -3.89. The standard InChI is InChI=1S/C26H22BrN5O4/c1-15-24(33)31(10-8-16-2-7-21-22(12-16)29-26(34)28-21)25(36-15)20-13-32(19-5-3-18(27)4-6-19)30-23(20)17-9-11-35-14-17/h2-7,9,11-15,25H,8,10H2,1H3,(H2,28,29,34)/t15-,25-/m1/s1. The molecule has 3 aromatic heterocycles. The van der Waals surface area contributed by atoms with E-state index in [0.29, 0.717) is 18.7 Å². The smallest absolute Gasteiger partial charge is 0.323 e. The molecule has 2 atom stereocenters. The molecule has 4 heterocycles. The molecule has 1 aliphatic rings. The number of carbonyl (C=O) groups is 1. The maximum Gasteiger partial charge on any atom is 0.323 e. The van der Waals surface area contributed by atoms with Gasteiger partial charge in [-0.25, -0.2) is 9.48 Å². The van der Waals surface area contributed by atoms with Crippen LogP contribution in [0.3, 0.4) is 0 Å². The normalized spacial score (nSPS) is 17.9. The third kappa shape index (κ3) is 4.08. The molecule has 0 aliphatic carbocycles. The SMILES string of the molecule is C[C@H]1O[C@H](c2cn(-c3ccc(Br)cc3)nc2-c2ccoc2)N(CCc2ccc3[nH]c(=O)[nH]c3c2)C1=O. The van der Waals surface area contributed by atoms with Gasteiger partial charge in [-0.3, -0.25) is 4.79 Å². The third-order valence-electron chi connectivity index (χ3n) is 6.36. The van der Waals surface area contributed by atoms with Gasteiger partial charge in [0, 0.05) is 28.3 Å². The zero-order valence-corrected chi connectivity index (χ0v) is 20.9. The lowest BCUT2D eigenvalue weighted by Crippen LogP contribution is -2.32. The van der Waals surface area contributed by atoms with Crippen LogP contribution in [-0.2, 0) is 16.0 Å². The number of rotatable bonds is 6. The Morgan fingerprint density at radius 3 is 2.64 bits per heavy atom. The fourth-order valence-electron chi connectivity index (χ4n) is 4.55. The Morgan fingerprint density at radius 1 is 1.06 bits per heavy atom. The molecule has 0 bridgehead atoms. The fourth-order valence-corrected chi connectivity index (χ4v) is 4.81. The Morgan fingerprint density at radius 2 is 1.86 bits per heavy atom. The second-order valence-electron chi connectivity index (χ2n) is 8.74. The number of H-pyrrole nitrogens is 2. The molecule has 36 heavy (non-hydrogen) atoms. The lowest BCUT2D eigenvalue weighted by Gasteiger charge is -2.23. The Labute approximate surface area is 213 Å². The van der Waals surface area contributed by atoms with E-state index >= 15 is 0 Å². The van der Waals surface area contributed by atoms with E-state index in [4.69, 9.17) is 14.3 Å². The van der Waals surface area contributed by atoms with Crippen molar-refractivity contribution in [1.29, 1.82) is 0 Å². The second-order valence-corrected chi connectivity index (χ2v) is 9.65. The van der Waals surface area contributed by atoms with Crippen LogP contribution < -0.4 is 5.69 Å². The number of halogens is 1. The van der Waals surface area contributed by atoms with Gasteiger partial charge in [0.25, 0.3) is 5.91 Å². The highest BCUT2D eigenvalue weighted by molar-refractivity contribution is 9.10. The first-order valence-corrected chi connectivity index (χ1v) is 12.3. The minimum atomic E-state index is -0.600. The summed E-state index contributed by atoms with van der Waals surface area (Å²) < 4.78 is 14.3. The minimum Gasteiger partial charge on any atom is -0.472 e. The summed E-state index contributed by atoms with van der Waals surface area (Å²) in [5.41, 5.74) is 5.41. The number of aromatic nitrogens is 4. The van der Waals surface area contributed by atoms with Gasteiger partial charge in [-0.15, -0.1) is 0 Å². The summed E-state index contributed by atoms with van der Waals surface area (Å²) >= 11 is 3.47. The second kappa shape index (κ2) is 8.96. The fraction of sp³-hybridized carbons (Fsp3) is 0.192. The number of ether oxygens (including phenoxy) is 1. The van der Waals surface area contributed by atoms with Crippen LogP contribution in [0.15, 0.2) is 80.9 Å². The van der Waals surface area contributed by atoms with Gasteiger partial charge < -0.3 is 24.0 Å². The van der Waals surface area contributed by atoms with Crippen LogP contribution in [0.4, 0.5) is 0 Å². The van der Waals surface area contributed by atoms with Crippen LogP contribution in [0.25, 0.3) is 28.0 Å². The molecular weight excluding hydrogens is 526 g/mol. The maximum atomic E-state index is 13.1. The molecule has 10 heteroatoms. The van der Waals surface area contributed by atoms with E-state index in [1.54, 1.807) is 29.0 Å².